The van der Waals surface area contributed by atoms with Gasteiger partial charge in [0.15, 0.2) is 0 Å². The predicted octanol–water partition coefficient (Wildman–Crippen LogP) is 4.38. The van der Waals surface area contributed by atoms with Gasteiger partial charge in [-0.3, -0.25) is 0 Å². The summed E-state index contributed by atoms with van der Waals surface area (Å²) >= 11 is 0. The second-order valence-electron chi connectivity index (χ2n) is 7.37. The van der Waals surface area contributed by atoms with Crippen LogP contribution in [-0.4, -0.2) is 6.61 Å². The van der Waals surface area contributed by atoms with Crippen LogP contribution in [-0.2, 0) is 15.8 Å². The minimum atomic E-state index is 0.117. The number of hydrogen-bond donors (Lipinski definition) is 0. The second-order valence-corrected chi connectivity index (χ2v) is 7.37. The van der Waals surface area contributed by atoms with Crippen LogP contribution < -0.4 is 0 Å². The van der Waals surface area contributed by atoms with Crippen molar-refractivity contribution >= 4 is 0 Å². The topological polar surface area (TPSA) is 12.5 Å². The summed E-state index contributed by atoms with van der Waals surface area (Å²) in [6.45, 7) is 7.95. The molecule has 2 aliphatic carbocycles. The molecule has 0 bridgehead atoms. The third kappa shape index (κ3) is 1.51. The maximum Gasteiger partial charge on any atom is 0.118 e. The molecule has 1 nitrogen and oxygen atoms in total. The molecule has 1 aromatic carbocycles. The Labute approximate surface area is 116 Å². The normalized spacial score (nSPS) is 39.8. The van der Waals surface area contributed by atoms with E-state index in [1.807, 2.05) is 0 Å². The molecule has 2 spiro atoms. The van der Waals surface area contributed by atoms with E-state index in [2.05, 4.69) is 32.9 Å². The Hall–Kier alpha value is -0.820. The molecular weight excluding hydrogens is 232 g/mol. The van der Waals surface area contributed by atoms with Gasteiger partial charge in [-0.05, 0) is 79.5 Å². The molecule has 0 aromatic heterocycles. The first-order chi connectivity index (χ1) is 9.06. The lowest BCUT2D eigenvalue weighted by atomic mass is 9.66. The Morgan fingerprint density at radius 3 is 2.21 bits per heavy atom. The average molecular weight is 256 g/mol. The standard InChI is InChI=1S/C18H24O/c1-12-6-8-17(9-7-12)10-18(11-19-18)16-14(3)5-4-13(2)15(16)17/h4-5,12H,6-11H2,1-3H3. The Bertz CT molecular complexity index is 531. The average Bonchev–Trinajstić information content (AvgIpc) is 3.08. The van der Waals surface area contributed by atoms with Gasteiger partial charge in [0.1, 0.15) is 5.60 Å². The highest BCUT2D eigenvalue weighted by Gasteiger charge is 2.61. The van der Waals surface area contributed by atoms with Crippen molar-refractivity contribution in [2.45, 2.75) is 63.9 Å². The number of rotatable bonds is 0. The van der Waals surface area contributed by atoms with E-state index in [-0.39, 0.29) is 5.60 Å². The van der Waals surface area contributed by atoms with Gasteiger partial charge in [0.2, 0.25) is 0 Å². The number of aryl methyl sites for hydroxylation is 2. The summed E-state index contributed by atoms with van der Waals surface area (Å²) in [6.07, 6.45) is 6.78. The van der Waals surface area contributed by atoms with E-state index >= 15 is 0 Å². The number of ether oxygens (including phenoxy) is 1. The Morgan fingerprint density at radius 2 is 1.63 bits per heavy atom. The molecule has 4 rings (SSSR count). The number of epoxide rings is 1. The van der Waals surface area contributed by atoms with E-state index in [0.717, 1.165) is 12.5 Å². The summed E-state index contributed by atoms with van der Waals surface area (Å²) in [5.74, 6) is 0.913. The minimum Gasteiger partial charge on any atom is -0.364 e. The monoisotopic (exact) mass is 256 g/mol. The van der Waals surface area contributed by atoms with Crippen LogP contribution in [0.15, 0.2) is 12.1 Å². The zero-order chi connectivity index (χ0) is 13.3. The van der Waals surface area contributed by atoms with Crippen molar-refractivity contribution in [3.8, 4) is 0 Å². The SMILES string of the molecule is Cc1ccc(C)c2c1C1(CCC(C)CC1)CC21CO1. The maximum absolute atomic E-state index is 5.97. The minimum absolute atomic E-state index is 0.117. The fourth-order valence-electron chi connectivity index (χ4n) is 4.88. The van der Waals surface area contributed by atoms with Crippen LogP contribution in [0.1, 0.15) is 61.3 Å². The smallest absolute Gasteiger partial charge is 0.118 e. The van der Waals surface area contributed by atoms with Crippen LogP contribution in [0.4, 0.5) is 0 Å². The first-order valence-electron chi connectivity index (χ1n) is 7.82. The molecule has 19 heavy (non-hydrogen) atoms. The Balaban J connectivity index is 1.89. The molecule has 3 aliphatic rings. The van der Waals surface area contributed by atoms with Crippen LogP contribution in [0.2, 0.25) is 0 Å². The zero-order valence-electron chi connectivity index (χ0n) is 12.4. The fourth-order valence-corrected chi connectivity index (χ4v) is 4.88. The maximum atomic E-state index is 5.97. The van der Waals surface area contributed by atoms with Gasteiger partial charge < -0.3 is 4.74 Å². The van der Waals surface area contributed by atoms with Crippen LogP contribution in [0.5, 0.6) is 0 Å². The molecule has 1 unspecified atom stereocenters. The largest absolute Gasteiger partial charge is 0.364 e. The van der Waals surface area contributed by atoms with Gasteiger partial charge in [-0.25, -0.2) is 0 Å². The highest BCUT2D eigenvalue weighted by atomic mass is 16.6. The lowest BCUT2D eigenvalue weighted by Gasteiger charge is -2.38. The lowest BCUT2D eigenvalue weighted by molar-refractivity contribution is 0.194. The summed E-state index contributed by atoms with van der Waals surface area (Å²) in [6, 6.07) is 4.62. The molecule has 1 atom stereocenters. The van der Waals surface area contributed by atoms with Crippen molar-refractivity contribution in [1.82, 2.24) is 0 Å². The van der Waals surface area contributed by atoms with Crippen molar-refractivity contribution in [1.29, 1.82) is 0 Å². The van der Waals surface area contributed by atoms with Gasteiger partial charge in [-0.1, -0.05) is 19.1 Å². The van der Waals surface area contributed by atoms with Gasteiger partial charge in [0.25, 0.3) is 0 Å². The van der Waals surface area contributed by atoms with E-state index in [0.29, 0.717) is 5.41 Å². The van der Waals surface area contributed by atoms with E-state index in [1.165, 1.54) is 43.2 Å². The summed E-state index contributed by atoms with van der Waals surface area (Å²) < 4.78 is 5.97. The van der Waals surface area contributed by atoms with Gasteiger partial charge in [-0.2, -0.15) is 0 Å². The molecule has 1 saturated heterocycles. The summed E-state index contributed by atoms with van der Waals surface area (Å²) in [5, 5.41) is 0. The summed E-state index contributed by atoms with van der Waals surface area (Å²) in [7, 11) is 0. The van der Waals surface area contributed by atoms with E-state index in [9.17, 15) is 0 Å². The second kappa shape index (κ2) is 3.63. The van der Waals surface area contributed by atoms with Crippen LogP contribution in [0.25, 0.3) is 0 Å². The molecule has 1 saturated carbocycles. The van der Waals surface area contributed by atoms with Crippen molar-refractivity contribution in [3.63, 3.8) is 0 Å². The number of fused-ring (bicyclic) bond motifs is 3. The molecule has 0 amide bonds. The highest BCUT2D eigenvalue weighted by molar-refractivity contribution is 5.55. The highest BCUT2D eigenvalue weighted by Crippen LogP contribution is 2.63. The van der Waals surface area contributed by atoms with E-state index < -0.39 is 0 Å². The number of benzene rings is 1. The molecule has 102 valence electrons. The van der Waals surface area contributed by atoms with E-state index in [4.69, 9.17) is 4.74 Å². The molecule has 1 aromatic rings. The van der Waals surface area contributed by atoms with Gasteiger partial charge >= 0.3 is 0 Å². The summed E-state index contributed by atoms with van der Waals surface area (Å²) in [5.41, 5.74) is 6.76. The first-order valence-corrected chi connectivity index (χ1v) is 7.82. The van der Waals surface area contributed by atoms with Gasteiger partial charge in [-0.15, -0.1) is 0 Å². The van der Waals surface area contributed by atoms with Gasteiger partial charge in [0, 0.05) is 0 Å². The molecule has 1 aliphatic heterocycles. The Morgan fingerprint density at radius 1 is 1.05 bits per heavy atom. The van der Waals surface area contributed by atoms with Crippen LogP contribution in [0.3, 0.4) is 0 Å². The van der Waals surface area contributed by atoms with Gasteiger partial charge in [0.05, 0.1) is 6.61 Å². The predicted molar refractivity (Wildman–Crippen MR) is 77.5 cm³/mol. The van der Waals surface area contributed by atoms with Crippen molar-refractivity contribution in [2.75, 3.05) is 6.61 Å². The van der Waals surface area contributed by atoms with Crippen LogP contribution >= 0.6 is 0 Å². The van der Waals surface area contributed by atoms with Crippen molar-refractivity contribution in [3.05, 3.63) is 34.4 Å². The van der Waals surface area contributed by atoms with Crippen molar-refractivity contribution in [2.24, 2.45) is 5.92 Å². The molecule has 0 N–H and O–H groups in total. The van der Waals surface area contributed by atoms with Crippen molar-refractivity contribution < 1.29 is 4.74 Å². The summed E-state index contributed by atoms with van der Waals surface area (Å²) in [4.78, 5) is 0. The molecule has 1 heterocycles. The third-order valence-electron chi connectivity index (χ3n) is 5.96. The number of hydrogen-bond acceptors (Lipinski definition) is 1. The Kier molecular flexibility index (Phi) is 2.29. The zero-order valence-corrected chi connectivity index (χ0v) is 12.4. The quantitative estimate of drug-likeness (QED) is 0.628. The van der Waals surface area contributed by atoms with E-state index in [1.54, 1.807) is 11.1 Å². The van der Waals surface area contributed by atoms with Crippen LogP contribution in [0, 0.1) is 19.8 Å². The lowest BCUT2D eigenvalue weighted by Crippen LogP contribution is -2.30. The molecule has 1 heteroatoms. The molecule has 0 radical (unpaired) electrons. The third-order valence-corrected chi connectivity index (χ3v) is 5.96. The molecule has 2 fully saturated rings. The fraction of sp³-hybridized carbons (Fsp3) is 0.667. The first kappa shape index (κ1) is 12.0. The molecular formula is C18H24O.